The molecule has 0 spiro atoms. The van der Waals surface area contributed by atoms with E-state index < -0.39 is 0 Å². The maximum Gasteiger partial charge on any atom is 0.261 e. The van der Waals surface area contributed by atoms with Crippen LogP contribution < -0.4 is 11.1 Å². The quantitative estimate of drug-likeness (QED) is 0.869. The van der Waals surface area contributed by atoms with Gasteiger partial charge in [-0.05, 0) is 53.7 Å². The first-order chi connectivity index (χ1) is 8.27. The molecule has 0 fully saturated rings. The number of hydrogen-bond acceptors (Lipinski definition) is 3. The Balaban J connectivity index is 2.79. The summed E-state index contributed by atoms with van der Waals surface area (Å²) in [4.78, 5) is 12.9. The van der Waals surface area contributed by atoms with Crippen molar-refractivity contribution in [2.24, 2.45) is 11.7 Å². The van der Waals surface area contributed by atoms with Crippen molar-refractivity contribution in [2.45, 2.75) is 39.7 Å². The molecule has 1 rings (SSSR count). The van der Waals surface area contributed by atoms with Crippen LogP contribution in [0.4, 0.5) is 0 Å². The number of carbonyl (C=O) groups is 1. The summed E-state index contributed by atoms with van der Waals surface area (Å²) in [6.45, 7) is 8.69. The summed E-state index contributed by atoms with van der Waals surface area (Å²) in [5, 5.41) is 3.06. The molecule has 0 aliphatic rings. The van der Waals surface area contributed by atoms with Crippen LogP contribution in [0.5, 0.6) is 0 Å². The van der Waals surface area contributed by atoms with Gasteiger partial charge in [-0.15, -0.1) is 11.3 Å². The number of carbonyl (C=O) groups excluding carboxylic acids is 1. The number of hydrogen-bond donors (Lipinski definition) is 2. The Morgan fingerprint density at radius 1 is 1.61 bits per heavy atom. The predicted molar refractivity (Wildman–Crippen MR) is 81.1 cm³/mol. The monoisotopic (exact) mass is 332 g/mol. The molecule has 1 amide bonds. The van der Waals surface area contributed by atoms with E-state index in [0.29, 0.717) is 12.5 Å². The Labute approximate surface area is 121 Å². The molecule has 0 saturated carbocycles. The van der Waals surface area contributed by atoms with Crippen LogP contribution in [-0.2, 0) is 0 Å². The molecule has 1 aromatic rings. The molecule has 0 aromatic carbocycles. The lowest BCUT2D eigenvalue weighted by atomic mass is 9.90. The van der Waals surface area contributed by atoms with E-state index >= 15 is 0 Å². The molecule has 3 N–H and O–H groups in total. The van der Waals surface area contributed by atoms with E-state index in [1.165, 1.54) is 11.3 Å². The minimum atomic E-state index is -0.338. The fourth-order valence-electron chi connectivity index (χ4n) is 1.99. The van der Waals surface area contributed by atoms with Gasteiger partial charge in [-0.25, -0.2) is 0 Å². The Morgan fingerprint density at radius 3 is 2.61 bits per heavy atom. The third-order valence-electron chi connectivity index (χ3n) is 2.81. The molecule has 18 heavy (non-hydrogen) atoms. The molecule has 1 atom stereocenters. The summed E-state index contributed by atoms with van der Waals surface area (Å²) in [5.41, 5.74) is 6.55. The first-order valence-electron chi connectivity index (χ1n) is 6.06. The second-order valence-corrected chi connectivity index (χ2v) is 7.75. The van der Waals surface area contributed by atoms with Crippen molar-refractivity contribution in [2.75, 3.05) is 6.54 Å². The van der Waals surface area contributed by atoms with Gasteiger partial charge in [0.1, 0.15) is 0 Å². The SMILES string of the molecule is Cc1cc(C(=O)NC(C)(CN)CC(C)C)sc1Br. The zero-order valence-electron chi connectivity index (χ0n) is 11.3. The molecule has 1 unspecified atom stereocenters. The summed E-state index contributed by atoms with van der Waals surface area (Å²) >= 11 is 4.89. The van der Waals surface area contributed by atoms with Crippen LogP contribution in [0.25, 0.3) is 0 Å². The van der Waals surface area contributed by atoms with Gasteiger partial charge in [0.25, 0.3) is 5.91 Å². The Bertz CT molecular complexity index is 411. The lowest BCUT2D eigenvalue weighted by Gasteiger charge is -2.31. The first kappa shape index (κ1) is 15.7. The van der Waals surface area contributed by atoms with Crippen LogP contribution in [0.2, 0.25) is 0 Å². The summed E-state index contributed by atoms with van der Waals surface area (Å²) in [5.74, 6) is 0.457. The fraction of sp³-hybridized carbons (Fsp3) is 0.615. The second kappa shape index (κ2) is 6.17. The Kier molecular flexibility index (Phi) is 5.37. The summed E-state index contributed by atoms with van der Waals surface area (Å²) in [7, 11) is 0. The van der Waals surface area contributed by atoms with E-state index in [9.17, 15) is 4.79 Å². The minimum absolute atomic E-state index is 0.0394. The Hall–Kier alpha value is -0.390. The number of aryl methyl sites for hydroxylation is 1. The third-order valence-corrected chi connectivity index (χ3v) is 4.94. The molecular formula is C13H21BrN2OS. The highest BCUT2D eigenvalue weighted by Crippen LogP contribution is 2.28. The molecule has 1 heterocycles. The average molecular weight is 333 g/mol. The van der Waals surface area contributed by atoms with Gasteiger partial charge < -0.3 is 11.1 Å². The molecule has 0 aliphatic heterocycles. The normalized spacial score (nSPS) is 14.6. The predicted octanol–water partition coefficient (Wildman–Crippen LogP) is 3.31. The van der Waals surface area contributed by atoms with E-state index in [-0.39, 0.29) is 11.4 Å². The molecule has 0 bridgehead atoms. The molecule has 3 nitrogen and oxygen atoms in total. The largest absolute Gasteiger partial charge is 0.345 e. The highest BCUT2D eigenvalue weighted by atomic mass is 79.9. The van der Waals surface area contributed by atoms with E-state index in [4.69, 9.17) is 5.73 Å². The molecule has 1 aromatic heterocycles. The van der Waals surface area contributed by atoms with Crippen LogP contribution in [0.3, 0.4) is 0 Å². The van der Waals surface area contributed by atoms with Gasteiger partial charge in [-0.1, -0.05) is 13.8 Å². The number of halogens is 1. The zero-order chi connectivity index (χ0) is 13.9. The van der Waals surface area contributed by atoms with Gasteiger partial charge in [0, 0.05) is 6.54 Å². The van der Waals surface area contributed by atoms with Crippen LogP contribution in [0.1, 0.15) is 42.4 Å². The molecular weight excluding hydrogens is 312 g/mol. The fourth-order valence-corrected chi connectivity index (χ4v) is 3.42. The Morgan fingerprint density at radius 2 is 2.22 bits per heavy atom. The molecule has 0 saturated heterocycles. The van der Waals surface area contributed by atoms with Crippen molar-refractivity contribution in [3.63, 3.8) is 0 Å². The van der Waals surface area contributed by atoms with Gasteiger partial charge >= 0.3 is 0 Å². The topological polar surface area (TPSA) is 55.1 Å². The standard InChI is InChI=1S/C13H21BrN2OS/c1-8(2)6-13(4,7-15)16-12(17)10-5-9(3)11(14)18-10/h5,8H,6-7,15H2,1-4H3,(H,16,17). The van der Waals surface area contributed by atoms with Gasteiger partial charge in [-0.2, -0.15) is 0 Å². The van der Waals surface area contributed by atoms with Crippen LogP contribution in [0, 0.1) is 12.8 Å². The van der Waals surface area contributed by atoms with Crippen molar-refractivity contribution < 1.29 is 4.79 Å². The highest BCUT2D eigenvalue weighted by Gasteiger charge is 2.27. The van der Waals surface area contributed by atoms with E-state index in [1.54, 1.807) is 0 Å². The number of nitrogens with one attached hydrogen (secondary N) is 1. The van der Waals surface area contributed by atoms with Crippen molar-refractivity contribution >= 4 is 33.2 Å². The number of rotatable bonds is 5. The minimum Gasteiger partial charge on any atom is -0.345 e. The first-order valence-corrected chi connectivity index (χ1v) is 7.67. The van der Waals surface area contributed by atoms with Crippen LogP contribution >= 0.6 is 27.3 Å². The average Bonchev–Trinajstić information content (AvgIpc) is 2.58. The zero-order valence-corrected chi connectivity index (χ0v) is 13.7. The highest BCUT2D eigenvalue weighted by molar-refractivity contribution is 9.11. The molecule has 102 valence electrons. The summed E-state index contributed by atoms with van der Waals surface area (Å²) in [6, 6.07) is 1.90. The van der Waals surface area contributed by atoms with Crippen molar-refractivity contribution in [1.82, 2.24) is 5.32 Å². The second-order valence-electron chi connectivity index (χ2n) is 5.38. The maximum atomic E-state index is 12.2. The van der Waals surface area contributed by atoms with Gasteiger partial charge in [0.15, 0.2) is 0 Å². The van der Waals surface area contributed by atoms with Crippen molar-refractivity contribution in [3.8, 4) is 0 Å². The number of amides is 1. The number of thiophene rings is 1. The van der Waals surface area contributed by atoms with Crippen LogP contribution in [0.15, 0.2) is 9.85 Å². The van der Waals surface area contributed by atoms with Gasteiger partial charge in [-0.3, -0.25) is 4.79 Å². The van der Waals surface area contributed by atoms with Gasteiger partial charge in [0.2, 0.25) is 0 Å². The van der Waals surface area contributed by atoms with Crippen molar-refractivity contribution in [3.05, 3.63) is 20.3 Å². The van der Waals surface area contributed by atoms with E-state index in [1.807, 2.05) is 19.9 Å². The lowest BCUT2D eigenvalue weighted by molar-refractivity contribution is 0.0902. The third kappa shape index (κ3) is 4.07. The van der Waals surface area contributed by atoms with Crippen molar-refractivity contribution in [1.29, 1.82) is 0 Å². The number of nitrogens with two attached hydrogens (primary N) is 1. The van der Waals surface area contributed by atoms with Crippen LogP contribution in [-0.4, -0.2) is 18.0 Å². The summed E-state index contributed by atoms with van der Waals surface area (Å²) < 4.78 is 1.01. The van der Waals surface area contributed by atoms with E-state index in [0.717, 1.165) is 20.6 Å². The molecule has 5 heteroatoms. The molecule has 0 aliphatic carbocycles. The smallest absolute Gasteiger partial charge is 0.261 e. The maximum absolute atomic E-state index is 12.2. The van der Waals surface area contributed by atoms with E-state index in [2.05, 4.69) is 35.1 Å². The lowest BCUT2D eigenvalue weighted by Crippen LogP contribution is -2.52. The molecule has 0 radical (unpaired) electrons. The summed E-state index contributed by atoms with van der Waals surface area (Å²) in [6.07, 6.45) is 0.876. The van der Waals surface area contributed by atoms with Gasteiger partial charge in [0.05, 0.1) is 14.2 Å².